The molecule has 3 heteroatoms. The number of carbonyl (C=O) groups excluding carboxylic acids is 1. The highest BCUT2D eigenvalue weighted by atomic mass is 16.1. The van der Waals surface area contributed by atoms with Gasteiger partial charge >= 0.3 is 0 Å². The highest BCUT2D eigenvalue weighted by Gasteiger charge is 2.27. The molecule has 19 heavy (non-hydrogen) atoms. The Kier molecular flexibility index (Phi) is 7.44. The second-order valence-electron chi connectivity index (χ2n) is 6.59. The molecule has 1 aliphatic rings. The van der Waals surface area contributed by atoms with Crippen LogP contribution in [0.1, 0.15) is 84.5 Å². The van der Waals surface area contributed by atoms with Crippen LogP contribution in [0.2, 0.25) is 0 Å². The largest absolute Gasteiger partial charge is 0.368 e. The van der Waals surface area contributed by atoms with Gasteiger partial charge in [0.2, 0.25) is 5.91 Å². The average Bonchev–Trinajstić information content (AvgIpc) is 2.32. The number of hydrogen-bond donors (Lipinski definition) is 2. The molecule has 0 radical (unpaired) electrons. The van der Waals surface area contributed by atoms with Crippen molar-refractivity contribution in [2.45, 2.75) is 96.1 Å². The quantitative estimate of drug-likeness (QED) is 0.823. The zero-order chi connectivity index (χ0) is 14.1. The van der Waals surface area contributed by atoms with Gasteiger partial charge in [0.15, 0.2) is 0 Å². The minimum atomic E-state index is -0.582. The van der Waals surface area contributed by atoms with Crippen molar-refractivity contribution < 1.29 is 4.79 Å². The number of amides is 1. The maximum Gasteiger partial charge on any atom is 0.237 e. The van der Waals surface area contributed by atoms with Crippen molar-refractivity contribution in [3.05, 3.63) is 0 Å². The Bertz CT molecular complexity index is 251. The van der Waals surface area contributed by atoms with Crippen LogP contribution >= 0.6 is 0 Å². The normalized spacial score (nSPS) is 21.4. The third-order valence-electron chi connectivity index (χ3n) is 4.29. The van der Waals surface area contributed by atoms with E-state index >= 15 is 0 Å². The molecule has 0 atom stereocenters. The fourth-order valence-corrected chi connectivity index (χ4v) is 2.89. The molecule has 0 aliphatic heterocycles. The lowest BCUT2D eigenvalue weighted by molar-refractivity contribution is -0.123. The van der Waals surface area contributed by atoms with Crippen LogP contribution in [0.4, 0.5) is 0 Å². The smallest absolute Gasteiger partial charge is 0.237 e. The average molecular weight is 268 g/mol. The molecule has 3 N–H and O–H groups in total. The summed E-state index contributed by atoms with van der Waals surface area (Å²) in [5.41, 5.74) is 4.88. The Balaban J connectivity index is 2.44. The van der Waals surface area contributed by atoms with E-state index in [1.165, 1.54) is 70.6 Å². The number of nitrogens with two attached hydrogens (primary N) is 1. The summed E-state index contributed by atoms with van der Waals surface area (Å²) in [5, 5.41) is 3.47. The van der Waals surface area contributed by atoms with E-state index < -0.39 is 5.54 Å². The van der Waals surface area contributed by atoms with Crippen molar-refractivity contribution in [1.82, 2.24) is 5.32 Å². The van der Waals surface area contributed by atoms with E-state index in [9.17, 15) is 4.79 Å². The van der Waals surface area contributed by atoms with Gasteiger partial charge in [0, 0.05) is 6.04 Å². The van der Waals surface area contributed by atoms with E-state index in [0.717, 1.165) is 0 Å². The van der Waals surface area contributed by atoms with E-state index in [1.54, 1.807) is 0 Å². The summed E-state index contributed by atoms with van der Waals surface area (Å²) in [6.45, 7) is 3.79. The van der Waals surface area contributed by atoms with E-state index in [2.05, 4.69) is 5.32 Å². The first-order chi connectivity index (χ1) is 9.02. The minimum Gasteiger partial charge on any atom is -0.368 e. The van der Waals surface area contributed by atoms with Crippen molar-refractivity contribution >= 4 is 5.91 Å². The van der Waals surface area contributed by atoms with Crippen molar-refractivity contribution in [1.29, 1.82) is 0 Å². The monoisotopic (exact) mass is 268 g/mol. The molecule has 112 valence electrons. The molecule has 0 heterocycles. The van der Waals surface area contributed by atoms with E-state index in [-0.39, 0.29) is 5.91 Å². The van der Waals surface area contributed by atoms with Crippen molar-refractivity contribution in [2.24, 2.45) is 5.73 Å². The summed E-state index contributed by atoms with van der Waals surface area (Å²) in [5.74, 6) is -0.251. The SMILES string of the molecule is CC(C)(NC1CCCCCCCCCCC1)C(N)=O. The molecule has 1 rings (SSSR count). The Morgan fingerprint density at radius 2 is 1.26 bits per heavy atom. The first kappa shape index (κ1) is 16.5. The second kappa shape index (κ2) is 8.57. The van der Waals surface area contributed by atoms with Gasteiger partial charge in [-0.2, -0.15) is 0 Å². The summed E-state index contributed by atoms with van der Waals surface area (Å²) in [6.07, 6.45) is 14.5. The molecule has 0 unspecified atom stereocenters. The van der Waals surface area contributed by atoms with Crippen LogP contribution in [0.15, 0.2) is 0 Å². The zero-order valence-corrected chi connectivity index (χ0v) is 12.8. The summed E-state index contributed by atoms with van der Waals surface area (Å²) in [6, 6.07) is 0.446. The van der Waals surface area contributed by atoms with E-state index in [0.29, 0.717) is 6.04 Å². The van der Waals surface area contributed by atoms with Crippen LogP contribution in [-0.4, -0.2) is 17.5 Å². The number of primary amides is 1. The van der Waals surface area contributed by atoms with Gasteiger partial charge < -0.3 is 11.1 Å². The topological polar surface area (TPSA) is 55.1 Å². The van der Waals surface area contributed by atoms with Crippen LogP contribution in [0.5, 0.6) is 0 Å². The first-order valence-corrected chi connectivity index (χ1v) is 8.10. The molecule has 0 spiro atoms. The molecule has 0 aromatic rings. The molecular weight excluding hydrogens is 236 g/mol. The van der Waals surface area contributed by atoms with Crippen LogP contribution in [0, 0.1) is 0 Å². The van der Waals surface area contributed by atoms with Gasteiger partial charge in [-0.1, -0.05) is 57.8 Å². The Labute approximate surface area is 118 Å². The van der Waals surface area contributed by atoms with Gasteiger partial charge in [-0.3, -0.25) is 4.79 Å². The van der Waals surface area contributed by atoms with Gasteiger partial charge in [0.05, 0.1) is 5.54 Å². The first-order valence-electron chi connectivity index (χ1n) is 8.10. The molecule has 1 fully saturated rings. The lowest BCUT2D eigenvalue weighted by atomic mass is 9.95. The molecule has 1 amide bonds. The summed E-state index contributed by atoms with van der Waals surface area (Å²) in [4.78, 5) is 11.4. The number of hydrogen-bond acceptors (Lipinski definition) is 2. The lowest BCUT2D eigenvalue weighted by Crippen LogP contribution is -2.54. The summed E-state index contributed by atoms with van der Waals surface area (Å²) >= 11 is 0. The highest BCUT2D eigenvalue weighted by Crippen LogP contribution is 2.18. The predicted molar refractivity (Wildman–Crippen MR) is 81.0 cm³/mol. The molecule has 0 bridgehead atoms. The standard InChI is InChI=1S/C16H32N2O/c1-16(2,15(17)19)18-14-12-10-8-6-4-3-5-7-9-11-13-14/h14,18H,3-13H2,1-2H3,(H2,17,19). The van der Waals surface area contributed by atoms with Gasteiger partial charge in [-0.05, 0) is 26.7 Å². The van der Waals surface area contributed by atoms with Crippen LogP contribution in [0.3, 0.4) is 0 Å². The third kappa shape index (κ3) is 6.95. The molecular formula is C16H32N2O. The number of carbonyl (C=O) groups is 1. The fraction of sp³-hybridized carbons (Fsp3) is 0.938. The van der Waals surface area contributed by atoms with Crippen molar-refractivity contribution in [3.63, 3.8) is 0 Å². The van der Waals surface area contributed by atoms with E-state index in [1.807, 2.05) is 13.8 Å². The van der Waals surface area contributed by atoms with Crippen molar-refractivity contribution in [3.8, 4) is 0 Å². The Hall–Kier alpha value is -0.570. The number of rotatable bonds is 3. The van der Waals surface area contributed by atoms with E-state index in [4.69, 9.17) is 5.73 Å². The lowest BCUT2D eigenvalue weighted by Gasteiger charge is -2.29. The van der Waals surface area contributed by atoms with Gasteiger partial charge in [-0.15, -0.1) is 0 Å². The fourth-order valence-electron chi connectivity index (χ4n) is 2.89. The molecule has 3 nitrogen and oxygen atoms in total. The predicted octanol–water partition coefficient (Wildman–Crippen LogP) is 3.51. The van der Waals surface area contributed by atoms with Crippen LogP contribution in [-0.2, 0) is 4.79 Å². The van der Waals surface area contributed by atoms with Gasteiger partial charge in [0.25, 0.3) is 0 Å². The maximum absolute atomic E-state index is 11.4. The minimum absolute atomic E-state index is 0.251. The van der Waals surface area contributed by atoms with Gasteiger partial charge in [0.1, 0.15) is 0 Å². The molecule has 1 aliphatic carbocycles. The van der Waals surface area contributed by atoms with Crippen molar-refractivity contribution in [2.75, 3.05) is 0 Å². The third-order valence-corrected chi connectivity index (χ3v) is 4.29. The highest BCUT2D eigenvalue weighted by molar-refractivity contribution is 5.83. The maximum atomic E-state index is 11.4. The Morgan fingerprint density at radius 1 is 0.895 bits per heavy atom. The van der Waals surface area contributed by atoms with Gasteiger partial charge in [-0.25, -0.2) is 0 Å². The van der Waals surface area contributed by atoms with Crippen LogP contribution < -0.4 is 11.1 Å². The molecule has 0 saturated heterocycles. The second-order valence-corrected chi connectivity index (χ2v) is 6.59. The van der Waals surface area contributed by atoms with Crippen LogP contribution in [0.25, 0.3) is 0 Å². The summed E-state index contributed by atoms with van der Waals surface area (Å²) < 4.78 is 0. The molecule has 0 aromatic carbocycles. The Morgan fingerprint density at radius 3 is 1.63 bits per heavy atom. The molecule has 1 saturated carbocycles. The zero-order valence-electron chi connectivity index (χ0n) is 12.8. The number of nitrogens with one attached hydrogen (secondary N) is 1. The molecule has 0 aromatic heterocycles. The summed E-state index contributed by atoms with van der Waals surface area (Å²) in [7, 11) is 0.